The number of nitrogens with zero attached hydrogens (tertiary/aromatic N) is 1. The maximum Gasteiger partial charge on any atom is 0.148 e. The summed E-state index contributed by atoms with van der Waals surface area (Å²) in [7, 11) is 1.49. The topological polar surface area (TPSA) is 73.3 Å². The lowest BCUT2D eigenvalue weighted by atomic mass is 10.2. The lowest BCUT2D eigenvalue weighted by Gasteiger charge is -2.11. The van der Waals surface area contributed by atoms with Gasteiger partial charge in [0, 0.05) is 24.2 Å². The van der Waals surface area contributed by atoms with E-state index < -0.39 is 5.82 Å². The normalized spacial score (nSPS) is 10.5. The summed E-state index contributed by atoms with van der Waals surface area (Å²) in [5.41, 5.74) is 7.91. The first-order valence-electron chi connectivity index (χ1n) is 5.81. The molecule has 6 heteroatoms. The van der Waals surface area contributed by atoms with Crippen LogP contribution in [0.15, 0.2) is 16.7 Å². The number of ether oxygens (including phenoxy) is 1. The summed E-state index contributed by atoms with van der Waals surface area (Å²) in [6.07, 6.45) is 0. The number of rotatable bonds is 4. The summed E-state index contributed by atoms with van der Waals surface area (Å²) in [5.74, 6) is 0.723. The predicted octanol–water partition coefficient (Wildman–Crippen LogP) is 2.63. The molecule has 0 saturated heterocycles. The molecule has 0 amide bonds. The molecule has 0 radical (unpaired) electrons. The van der Waals surface area contributed by atoms with E-state index in [-0.39, 0.29) is 5.69 Å². The number of hydrogen-bond donors (Lipinski definition) is 2. The number of halogens is 1. The summed E-state index contributed by atoms with van der Waals surface area (Å²) in [4.78, 5) is 0. The summed E-state index contributed by atoms with van der Waals surface area (Å²) < 4.78 is 23.9. The van der Waals surface area contributed by atoms with Crippen LogP contribution in [0, 0.1) is 19.7 Å². The zero-order chi connectivity index (χ0) is 14.0. The fraction of sp³-hybridized carbons (Fsp3) is 0.308. The van der Waals surface area contributed by atoms with Crippen molar-refractivity contribution in [2.45, 2.75) is 20.4 Å². The van der Waals surface area contributed by atoms with Crippen LogP contribution in [0.4, 0.5) is 15.8 Å². The van der Waals surface area contributed by atoms with Crippen LogP contribution < -0.4 is 15.8 Å². The maximum absolute atomic E-state index is 13.8. The molecular weight excluding hydrogens is 249 g/mol. The van der Waals surface area contributed by atoms with Crippen molar-refractivity contribution in [1.82, 2.24) is 5.16 Å². The Labute approximate surface area is 110 Å². The smallest absolute Gasteiger partial charge is 0.148 e. The van der Waals surface area contributed by atoms with E-state index in [1.54, 1.807) is 0 Å². The van der Waals surface area contributed by atoms with Gasteiger partial charge in [-0.05, 0) is 13.8 Å². The van der Waals surface area contributed by atoms with Crippen LogP contribution in [-0.4, -0.2) is 12.3 Å². The van der Waals surface area contributed by atoms with Crippen LogP contribution in [0.2, 0.25) is 0 Å². The molecule has 102 valence electrons. The van der Waals surface area contributed by atoms with E-state index in [2.05, 4.69) is 10.5 Å². The number of nitrogen functional groups attached to an aromatic ring is 1. The van der Waals surface area contributed by atoms with Gasteiger partial charge < -0.3 is 20.3 Å². The third kappa shape index (κ3) is 2.62. The molecule has 0 bridgehead atoms. The first-order chi connectivity index (χ1) is 9.02. The van der Waals surface area contributed by atoms with Gasteiger partial charge in [0.05, 0.1) is 24.2 Å². The second kappa shape index (κ2) is 5.17. The number of nitrogens with two attached hydrogens (primary N) is 1. The van der Waals surface area contributed by atoms with Gasteiger partial charge in [0.25, 0.3) is 0 Å². The van der Waals surface area contributed by atoms with E-state index in [1.165, 1.54) is 19.2 Å². The number of aromatic nitrogens is 1. The number of benzene rings is 1. The van der Waals surface area contributed by atoms with Crippen molar-refractivity contribution in [2.75, 3.05) is 18.2 Å². The van der Waals surface area contributed by atoms with Crippen molar-refractivity contribution >= 4 is 11.4 Å². The SMILES string of the molecule is COc1cc(NCc2c(C)noc2C)c(F)cc1N. The van der Waals surface area contributed by atoms with Gasteiger partial charge in [-0.1, -0.05) is 5.16 Å². The molecule has 19 heavy (non-hydrogen) atoms. The highest BCUT2D eigenvalue weighted by Gasteiger charge is 2.12. The maximum atomic E-state index is 13.8. The summed E-state index contributed by atoms with van der Waals surface area (Å²) >= 11 is 0. The fourth-order valence-electron chi connectivity index (χ4n) is 1.82. The number of nitrogens with one attached hydrogen (secondary N) is 1. The molecule has 1 heterocycles. The number of aryl methyl sites for hydroxylation is 2. The summed E-state index contributed by atoms with van der Waals surface area (Å²) in [6.45, 7) is 4.08. The van der Waals surface area contributed by atoms with Gasteiger partial charge in [-0.3, -0.25) is 0 Å². The second-order valence-corrected chi connectivity index (χ2v) is 4.23. The average Bonchev–Trinajstić information content (AvgIpc) is 2.68. The third-order valence-corrected chi connectivity index (χ3v) is 2.96. The first-order valence-corrected chi connectivity index (χ1v) is 5.81. The van der Waals surface area contributed by atoms with Crippen LogP contribution in [0.5, 0.6) is 5.75 Å². The minimum Gasteiger partial charge on any atom is -0.495 e. The molecule has 1 aromatic heterocycles. The molecule has 0 spiro atoms. The Kier molecular flexibility index (Phi) is 3.59. The van der Waals surface area contributed by atoms with Crippen LogP contribution in [0.3, 0.4) is 0 Å². The quantitative estimate of drug-likeness (QED) is 0.831. The molecule has 2 aromatic rings. The Morgan fingerprint density at radius 3 is 2.74 bits per heavy atom. The van der Waals surface area contributed by atoms with Crippen LogP contribution in [0.25, 0.3) is 0 Å². The molecular formula is C13H16FN3O2. The van der Waals surface area contributed by atoms with Crippen molar-refractivity contribution in [1.29, 1.82) is 0 Å². The summed E-state index contributed by atoms with van der Waals surface area (Å²) in [6, 6.07) is 2.76. The Balaban J connectivity index is 2.20. The molecule has 0 unspecified atom stereocenters. The Morgan fingerprint density at radius 2 is 2.16 bits per heavy atom. The minimum atomic E-state index is -0.426. The van der Waals surface area contributed by atoms with E-state index in [4.69, 9.17) is 15.0 Å². The van der Waals surface area contributed by atoms with Crippen LogP contribution >= 0.6 is 0 Å². The molecule has 3 N–H and O–H groups in total. The third-order valence-electron chi connectivity index (χ3n) is 2.96. The lowest BCUT2D eigenvalue weighted by molar-refractivity contribution is 0.392. The van der Waals surface area contributed by atoms with Crippen LogP contribution in [-0.2, 0) is 6.54 Å². The Morgan fingerprint density at radius 1 is 1.42 bits per heavy atom. The molecule has 0 aliphatic heterocycles. The number of hydrogen-bond acceptors (Lipinski definition) is 5. The standard InChI is InChI=1S/C13H16FN3O2/c1-7-9(8(2)19-17-7)6-16-12-5-13(18-3)11(15)4-10(12)14/h4-5,16H,6,15H2,1-3H3. The van der Waals surface area contributed by atoms with Crippen LogP contribution in [0.1, 0.15) is 17.0 Å². The van der Waals surface area contributed by atoms with Crippen molar-refractivity contribution in [3.05, 3.63) is 35.0 Å². The van der Waals surface area contributed by atoms with Gasteiger partial charge >= 0.3 is 0 Å². The van der Waals surface area contributed by atoms with Gasteiger partial charge in [0.1, 0.15) is 17.3 Å². The highest BCUT2D eigenvalue weighted by atomic mass is 19.1. The highest BCUT2D eigenvalue weighted by Crippen LogP contribution is 2.28. The summed E-state index contributed by atoms with van der Waals surface area (Å²) in [5, 5.41) is 6.83. The minimum absolute atomic E-state index is 0.267. The van der Waals surface area contributed by atoms with E-state index in [0.717, 1.165) is 11.3 Å². The number of methoxy groups -OCH3 is 1. The van der Waals surface area contributed by atoms with E-state index >= 15 is 0 Å². The molecule has 0 aliphatic carbocycles. The first kappa shape index (κ1) is 13.2. The molecule has 1 aromatic carbocycles. The predicted molar refractivity (Wildman–Crippen MR) is 70.7 cm³/mol. The molecule has 0 aliphatic rings. The monoisotopic (exact) mass is 265 g/mol. The number of anilines is 2. The van der Waals surface area contributed by atoms with E-state index in [0.29, 0.717) is 23.7 Å². The zero-order valence-corrected chi connectivity index (χ0v) is 11.1. The van der Waals surface area contributed by atoms with Crippen molar-refractivity contribution in [3.63, 3.8) is 0 Å². The van der Waals surface area contributed by atoms with Gasteiger partial charge in [-0.25, -0.2) is 4.39 Å². The van der Waals surface area contributed by atoms with Gasteiger partial charge in [0.15, 0.2) is 0 Å². The van der Waals surface area contributed by atoms with Gasteiger partial charge in [0.2, 0.25) is 0 Å². The molecule has 0 saturated carbocycles. The van der Waals surface area contributed by atoms with E-state index in [1.807, 2.05) is 13.8 Å². The van der Waals surface area contributed by atoms with Gasteiger partial charge in [-0.2, -0.15) is 0 Å². The largest absolute Gasteiger partial charge is 0.495 e. The lowest BCUT2D eigenvalue weighted by Crippen LogP contribution is -2.04. The molecule has 0 atom stereocenters. The molecule has 0 fully saturated rings. The van der Waals surface area contributed by atoms with E-state index in [9.17, 15) is 4.39 Å². The zero-order valence-electron chi connectivity index (χ0n) is 11.1. The van der Waals surface area contributed by atoms with Crippen molar-refractivity contribution in [3.8, 4) is 5.75 Å². The Bertz CT molecular complexity index is 576. The fourth-order valence-corrected chi connectivity index (χ4v) is 1.82. The second-order valence-electron chi connectivity index (χ2n) is 4.23. The molecule has 2 rings (SSSR count). The Hall–Kier alpha value is -2.24. The van der Waals surface area contributed by atoms with Crippen molar-refractivity contribution in [2.24, 2.45) is 0 Å². The van der Waals surface area contributed by atoms with Crippen molar-refractivity contribution < 1.29 is 13.7 Å². The molecule has 5 nitrogen and oxygen atoms in total. The highest BCUT2D eigenvalue weighted by molar-refractivity contribution is 5.62. The van der Waals surface area contributed by atoms with Gasteiger partial charge in [-0.15, -0.1) is 0 Å². The average molecular weight is 265 g/mol.